The fourth-order valence-electron chi connectivity index (χ4n) is 7.65. The molecule has 5 unspecified atom stereocenters. The molecule has 2 aliphatic carbocycles. The Labute approximate surface area is 399 Å². The number of carbonyl (C=O) groups is 6. The second-order valence-corrected chi connectivity index (χ2v) is 16.7. The number of hydrogen-bond acceptors (Lipinski definition) is 16. The van der Waals surface area contributed by atoms with Gasteiger partial charge in [-0.3, -0.25) is 33.7 Å². The third kappa shape index (κ3) is 23.0. The molecule has 2 aliphatic rings. The van der Waals surface area contributed by atoms with E-state index in [1.54, 1.807) is 38.1 Å². The van der Waals surface area contributed by atoms with E-state index < -0.39 is 17.9 Å². The summed E-state index contributed by atoms with van der Waals surface area (Å²) >= 11 is 0. The van der Waals surface area contributed by atoms with Gasteiger partial charge < -0.3 is 59.2 Å². The molecule has 0 spiro atoms. The van der Waals surface area contributed by atoms with E-state index in [0.717, 1.165) is 11.3 Å². The lowest BCUT2D eigenvalue weighted by atomic mass is 9.80. The minimum absolute atomic E-state index is 0.0374. The van der Waals surface area contributed by atoms with Gasteiger partial charge in [0.25, 0.3) is 0 Å². The van der Waals surface area contributed by atoms with Gasteiger partial charge in [-0.1, -0.05) is 49.7 Å². The molecule has 1 aromatic rings. The van der Waals surface area contributed by atoms with Crippen LogP contribution in [0.4, 0.5) is 5.69 Å². The number of fused-ring (bicyclic) bond motifs is 2. The van der Waals surface area contributed by atoms with Gasteiger partial charge in [-0.15, -0.1) is 0 Å². The van der Waals surface area contributed by atoms with E-state index in [2.05, 4.69) is 39.4 Å². The maximum atomic E-state index is 13.1. The molecule has 382 valence electrons. The largest absolute Gasteiger partial charge is 0.379 e. The van der Waals surface area contributed by atoms with Crippen molar-refractivity contribution in [1.29, 1.82) is 0 Å². The molecule has 1 fully saturated rings. The van der Waals surface area contributed by atoms with Crippen molar-refractivity contribution in [2.75, 3.05) is 131 Å². The van der Waals surface area contributed by atoms with Crippen LogP contribution >= 0.6 is 0 Å². The number of hydrogen-bond donors (Lipinski definition) is 4. The van der Waals surface area contributed by atoms with E-state index in [4.69, 9.17) is 37.9 Å². The summed E-state index contributed by atoms with van der Waals surface area (Å²) < 4.78 is 43.9. The lowest BCUT2D eigenvalue weighted by Gasteiger charge is -2.29. The third-order valence-corrected chi connectivity index (χ3v) is 11.4. The predicted molar refractivity (Wildman–Crippen MR) is 249 cm³/mol. The van der Waals surface area contributed by atoms with E-state index in [1.807, 2.05) is 6.92 Å². The Morgan fingerprint density at radius 2 is 1.22 bits per heavy atom. The Morgan fingerprint density at radius 3 is 1.71 bits per heavy atom. The number of imide groups is 1. The fraction of sp³-hybridized carbons (Fsp3) is 0.702. The number of anilines is 1. The highest BCUT2D eigenvalue weighted by molar-refractivity contribution is 5.96. The second-order valence-electron chi connectivity index (χ2n) is 16.7. The number of allylic oxidation sites excluding steroid dienone is 2. The minimum Gasteiger partial charge on any atom is -0.379 e. The molecule has 0 saturated heterocycles. The molecule has 1 saturated carbocycles. The van der Waals surface area contributed by atoms with E-state index in [1.165, 1.54) is 5.57 Å². The molecule has 21 heteroatoms. The Bertz CT molecular complexity index is 1700. The first kappa shape index (κ1) is 57.6. The SMILES string of the molecule is CC1=CC2CC1C(C(=O)N(C=O)CCC(=O)NCCOCCOCCOCCOCCOCCOCCOCCOCCC(=O)NC(C(=O)NCC(=O)Nc1ccc(CN=O)cc1)C(C)C)C2C. The third-order valence-electron chi connectivity index (χ3n) is 11.4. The molecule has 3 rings (SSSR count). The minimum atomic E-state index is -0.829. The lowest BCUT2D eigenvalue weighted by Crippen LogP contribution is -2.51. The van der Waals surface area contributed by atoms with E-state index in [9.17, 15) is 33.7 Å². The molecule has 0 heterocycles. The number of rotatable bonds is 40. The zero-order valence-corrected chi connectivity index (χ0v) is 40.2. The van der Waals surface area contributed by atoms with Crippen molar-refractivity contribution in [1.82, 2.24) is 20.9 Å². The zero-order valence-electron chi connectivity index (χ0n) is 40.2. The van der Waals surface area contributed by atoms with Crippen molar-refractivity contribution in [2.24, 2.45) is 34.8 Å². The number of nitrogens with one attached hydrogen (secondary N) is 4. The topological polar surface area (TPSA) is 257 Å². The molecule has 21 nitrogen and oxygen atoms in total. The van der Waals surface area contributed by atoms with Crippen LogP contribution in [0.3, 0.4) is 0 Å². The molecule has 0 aliphatic heterocycles. The Balaban J connectivity index is 1.00. The van der Waals surface area contributed by atoms with Gasteiger partial charge in [-0.2, -0.15) is 4.91 Å². The Kier molecular flexibility index (Phi) is 29.2. The van der Waals surface area contributed by atoms with Crippen molar-refractivity contribution in [3.8, 4) is 0 Å². The highest BCUT2D eigenvalue weighted by atomic mass is 16.6. The van der Waals surface area contributed by atoms with Crippen LogP contribution in [0.5, 0.6) is 0 Å². The van der Waals surface area contributed by atoms with Gasteiger partial charge in [0.1, 0.15) is 12.6 Å². The summed E-state index contributed by atoms with van der Waals surface area (Å²) in [4.78, 5) is 86.0. The predicted octanol–water partition coefficient (Wildman–Crippen LogP) is 2.01. The highest BCUT2D eigenvalue weighted by Gasteiger charge is 2.49. The summed E-state index contributed by atoms with van der Waals surface area (Å²) in [6.45, 7) is 13.7. The summed E-state index contributed by atoms with van der Waals surface area (Å²) in [6.07, 6.45) is 3.84. The van der Waals surface area contributed by atoms with Gasteiger partial charge >= 0.3 is 0 Å². The highest BCUT2D eigenvalue weighted by Crippen LogP contribution is 2.51. The summed E-state index contributed by atoms with van der Waals surface area (Å²) in [6, 6.07) is 5.79. The van der Waals surface area contributed by atoms with Crippen LogP contribution < -0.4 is 21.3 Å². The summed E-state index contributed by atoms with van der Waals surface area (Å²) in [5.41, 5.74) is 2.45. The smallest absolute Gasteiger partial charge is 0.243 e. The van der Waals surface area contributed by atoms with Crippen molar-refractivity contribution < 1.29 is 66.7 Å². The first-order chi connectivity index (χ1) is 32.9. The number of nitroso groups, excluding NO2 is 1. The number of carbonyl (C=O) groups excluding carboxylic acids is 6. The van der Waals surface area contributed by atoms with Crippen LogP contribution in [0, 0.1) is 34.5 Å². The van der Waals surface area contributed by atoms with E-state index >= 15 is 0 Å². The van der Waals surface area contributed by atoms with Gasteiger partial charge in [0, 0.05) is 37.5 Å². The summed E-state index contributed by atoms with van der Waals surface area (Å²) in [5.74, 6) is -1.34. The molecule has 0 radical (unpaired) electrons. The van der Waals surface area contributed by atoms with E-state index in [-0.39, 0.29) is 87.1 Å². The number of ether oxygens (including phenoxy) is 8. The molecule has 5 atom stereocenters. The first-order valence-electron chi connectivity index (χ1n) is 23.5. The standard InChI is InChI=1S/C47H74N6O15/c1-34(2)45(46(58)49-32-43(57)51-39-7-5-37(6-8-39)31-50-60)52-42(56)10-13-61-15-17-63-19-21-65-23-25-67-27-28-68-26-24-66-22-20-64-18-16-62-14-11-48-41(55)9-12-53(33-54)47(59)44-36(4)38-29-35(3)40(44)30-38/h5-8,29,33-34,36,38,40,44-45H,9-28,30-32H2,1-4H3,(H,48,55)(H,49,58)(H,51,57)(H,52,56). The van der Waals surface area contributed by atoms with Crippen LogP contribution in [0.2, 0.25) is 0 Å². The molecule has 6 amide bonds. The normalized spacial score (nSPS) is 17.6. The Morgan fingerprint density at radius 1 is 0.706 bits per heavy atom. The molecule has 4 N–H and O–H groups in total. The number of nitrogens with zero attached hydrogens (tertiary/aromatic N) is 2. The van der Waals surface area contributed by atoms with Crippen molar-refractivity contribution in [3.05, 3.63) is 46.4 Å². The van der Waals surface area contributed by atoms with Crippen molar-refractivity contribution in [3.63, 3.8) is 0 Å². The second kappa shape index (κ2) is 34.5. The number of benzene rings is 1. The average Bonchev–Trinajstić information content (AvgIpc) is 3.86. The zero-order chi connectivity index (χ0) is 49.4. The van der Waals surface area contributed by atoms with Gasteiger partial charge in [0.15, 0.2) is 0 Å². The van der Waals surface area contributed by atoms with Crippen LogP contribution in [0.15, 0.2) is 41.1 Å². The van der Waals surface area contributed by atoms with Crippen LogP contribution in [-0.4, -0.2) is 172 Å². The van der Waals surface area contributed by atoms with E-state index in [0.29, 0.717) is 123 Å². The first-order valence-corrected chi connectivity index (χ1v) is 23.5. The van der Waals surface area contributed by atoms with Gasteiger partial charge in [0.2, 0.25) is 35.9 Å². The molecule has 68 heavy (non-hydrogen) atoms. The van der Waals surface area contributed by atoms with Gasteiger partial charge in [-0.25, -0.2) is 0 Å². The van der Waals surface area contributed by atoms with Crippen molar-refractivity contribution >= 4 is 41.6 Å². The van der Waals surface area contributed by atoms with Crippen molar-refractivity contribution in [2.45, 2.75) is 59.5 Å². The quantitative estimate of drug-likeness (QED) is 0.0318. The molecular formula is C47H74N6O15. The maximum Gasteiger partial charge on any atom is 0.243 e. The van der Waals surface area contributed by atoms with Crippen LogP contribution in [0.25, 0.3) is 0 Å². The Hall–Kier alpha value is -4.74. The summed E-state index contributed by atoms with van der Waals surface area (Å²) in [5, 5.41) is 13.5. The van der Waals surface area contributed by atoms with Crippen LogP contribution in [-0.2, 0) is 73.2 Å². The van der Waals surface area contributed by atoms with Gasteiger partial charge in [0.05, 0.1) is 112 Å². The number of amides is 6. The maximum absolute atomic E-state index is 13.1. The monoisotopic (exact) mass is 963 g/mol. The van der Waals surface area contributed by atoms with Gasteiger partial charge in [-0.05, 0) is 54.7 Å². The summed E-state index contributed by atoms with van der Waals surface area (Å²) in [7, 11) is 0. The average molecular weight is 963 g/mol. The fourth-order valence-corrected chi connectivity index (χ4v) is 7.65. The molecule has 1 aromatic carbocycles. The lowest BCUT2D eigenvalue weighted by molar-refractivity contribution is -0.143. The molecular weight excluding hydrogens is 889 g/mol. The molecule has 0 aromatic heterocycles. The van der Waals surface area contributed by atoms with Crippen LogP contribution in [0.1, 0.15) is 52.5 Å². The molecule has 2 bridgehead atoms.